The standard InChI is InChI=1S/C12H17BrN2O/c1-9(12(14)16)15(2)8-7-10-3-5-11(13)6-4-10/h3-6,9H,7-8H2,1-2H3,(H2,14,16). The van der Waals surface area contributed by atoms with E-state index in [0.717, 1.165) is 17.4 Å². The van der Waals surface area contributed by atoms with Gasteiger partial charge in [-0.25, -0.2) is 0 Å². The van der Waals surface area contributed by atoms with Crippen molar-refractivity contribution in [2.45, 2.75) is 19.4 Å². The maximum atomic E-state index is 11.0. The molecule has 4 heteroatoms. The van der Waals surface area contributed by atoms with Gasteiger partial charge in [-0.2, -0.15) is 0 Å². The number of hydrogen-bond donors (Lipinski definition) is 1. The smallest absolute Gasteiger partial charge is 0.234 e. The lowest BCUT2D eigenvalue weighted by atomic mass is 10.1. The Bertz CT molecular complexity index is 351. The zero-order valence-corrected chi connectivity index (χ0v) is 11.2. The average Bonchev–Trinajstić information content (AvgIpc) is 2.26. The second-order valence-electron chi connectivity index (χ2n) is 3.94. The molecule has 0 radical (unpaired) electrons. The molecule has 1 amide bonds. The molecule has 88 valence electrons. The van der Waals surface area contributed by atoms with Crippen LogP contribution >= 0.6 is 15.9 Å². The molecule has 0 saturated heterocycles. The lowest BCUT2D eigenvalue weighted by Gasteiger charge is -2.21. The van der Waals surface area contributed by atoms with E-state index in [1.54, 1.807) is 0 Å². The van der Waals surface area contributed by atoms with Gasteiger partial charge < -0.3 is 5.73 Å². The van der Waals surface area contributed by atoms with E-state index >= 15 is 0 Å². The highest BCUT2D eigenvalue weighted by Gasteiger charge is 2.13. The van der Waals surface area contributed by atoms with Crippen molar-refractivity contribution < 1.29 is 4.79 Å². The fourth-order valence-electron chi connectivity index (χ4n) is 1.37. The van der Waals surface area contributed by atoms with Gasteiger partial charge >= 0.3 is 0 Å². The first-order valence-corrected chi connectivity index (χ1v) is 6.04. The Morgan fingerprint density at radius 2 is 2.00 bits per heavy atom. The van der Waals surface area contributed by atoms with Crippen LogP contribution in [0.25, 0.3) is 0 Å². The molecule has 3 nitrogen and oxygen atoms in total. The quantitative estimate of drug-likeness (QED) is 0.896. The van der Waals surface area contributed by atoms with Gasteiger partial charge in [-0.3, -0.25) is 9.69 Å². The zero-order chi connectivity index (χ0) is 12.1. The highest BCUT2D eigenvalue weighted by Crippen LogP contribution is 2.11. The predicted octanol–water partition coefficient (Wildman–Crippen LogP) is 1.80. The predicted molar refractivity (Wildman–Crippen MR) is 69.1 cm³/mol. The molecule has 0 spiro atoms. The molecule has 1 unspecified atom stereocenters. The van der Waals surface area contributed by atoms with Gasteiger partial charge in [0.15, 0.2) is 0 Å². The largest absolute Gasteiger partial charge is 0.368 e. The number of nitrogens with two attached hydrogens (primary N) is 1. The number of carbonyl (C=O) groups excluding carboxylic acids is 1. The molecule has 0 heterocycles. The summed E-state index contributed by atoms with van der Waals surface area (Å²) in [5.74, 6) is -0.279. The van der Waals surface area contributed by atoms with Crippen LogP contribution in [0.2, 0.25) is 0 Å². The van der Waals surface area contributed by atoms with Crippen molar-refractivity contribution in [3.63, 3.8) is 0 Å². The third-order valence-electron chi connectivity index (χ3n) is 2.74. The van der Waals surface area contributed by atoms with Gasteiger partial charge in [0.25, 0.3) is 0 Å². The third-order valence-corrected chi connectivity index (χ3v) is 3.27. The fraction of sp³-hybridized carbons (Fsp3) is 0.417. The Balaban J connectivity index is 2.45. The summed E-state index contributed by atoms with van der Waals surface area (Å²) in [6.07, 6.45) is 0.918. The van der Waals surface area contributed by atoms with E-state index in [1.165, 1.54) is 5.56 Å². The zero-order valence-electron chi connectivity index (χ0n) is 9.61. The van der Waals surface area contributed by atoms with Crippen molar-refractivity contribution in [1.29, 1.82) is 0 Å². The monoisotopic (exact) mass is 284 g/mol. The molecule has 0 bridgehead atoms. The van der Waals surface area contributed by atoms with Crippen molar-refractivity contribution in [2.75, 3.05) is 13.6 Å². The first kappa shape index (κ1) is 13.2. The second-order valence-corrected chi connectivity index (χ2v) is 4.85. The highest BCUT2D eigenvalue weighted by atomic mass is 79.9. The van der Waals surface area contributed by atoms with E-state index < -0.39 is 0 Å². The number of carbonyl (C=O) groups is 1. The maximum Gasteiger partial charge on any atom is 0.234 e. The first-order chi connectivity index (χ1) is 7.50. The van der Waals surface area contributed by atoms with Crippen LogP contribution in [0.1, 0.15) is 12.5 Å². The molecule has 1 atom stereocenters. The van der Waals surface area contributed by atoms with Crippen LogP contribution in [0.15, 0.2) is 28.7 Å². The number of primary amides is 1. The number of amides is 1. The lowest BCUT2D eigenvalue weighted by Crippen LogP contribution is -2.41. The van der Waals surface area contributed by atoms with E-state index in [0.29, 0.717) is 0 Å². The van der Waals surface area contributed by atoms with Crippen LogP contribution in [-0.2, 0) is 11.2 Å². The number of halogens is 1. The van der Waals surface area contributed by atoms with E-state index in [2.05, 4.69) is 28.1 Å². The minimum atomic E-state index is -0.279. The van der Waals surface area contributed by atoms with E-state index in [4.69, 9.17) is 5.73 Å². The van der Waals surface area contributed by atoms with Crippen LogP contribution in [0, 0.1) is 0 Å². The van der Waals surface area contributed by atoms with Crippen molar-refractivity contribution in [1.82, 2.24) is 4.90 Å². The Hall–Kier alpha value is -0.870. The van der Waals surface area contributed by atoms with Gasteiger partial charge in [0.1, 0.15) is 0 Å². The first-order valence-electron chi connectivity index (χ1n) is 5.24. The third kappa shape index (κ3) is 3.94. The molecule has 1 aromatic rings. The molecular weight excluding hydrogens is 268 g/mol. The van der Waals surface area contributed by atoms with E-state index in [9.17, 15) is 4.79 Å². The van der Waals surface area contributed by atoms with E-state index in [1.807, 2.05) is 31.0 Å². The van der Waals surface area contributed by atoms with Crippen molar-refractivity contribution in [2.24, 2.45) is 5.73 Å². The van der Waals surface area contributed by atoms with Crippen molar-refractivity contribution in [3.05, 3.63) is 34.3 Å². The van der Waals surface area contributed by atoms with Gasteiger partial charge in [0.2, 0.25) is 5.91 Å². The molecular formula is C12H17BrN2O. The number of nitrogens with zero attached hydrogens (tertiary/aromatic N) is 1. The second kappa shape index (κ2) is 6.01. The summed E-state index contributed by atoms with van der Waals surface area (Å²) in [5.41, 5.74) is 6.50. The van der Waals surface area contributed by atoms with Gasteiger partial charge in [-0.05, 0) is 38.1 Å². The molecule has 16 heavy (non-hydrogen) atoms. The van der Waals surface area contributed by atoms with Crippen LogP contribution in [-0.4, -0.2) is 30.4 Å². The van der Waals surface area contributed by atoms with Crippen molar-refractivity contribution >= 4 is 21.8 Å². The molecule has 2 N–H and O–H groups in total. The average molecular weight is 285 g/mol. The number of hydrogen-bond acceptors (Lipinski definition) is 2. The molecule has 0 aromatic heterocycles. The number of rotatable bonds is 5. The van der Waals surface area contributed by atoms with Crippen LogP contribution in [0.5, 0.6) is 0 Å². The van der Waals surface area contributed by atoms with Gasteiger partial charge in [-0.1, -0.05) is 28.1 Å². The van der Waals surface area contributed by atoms with Crippen LogP contribution in [0.3, 0.4) is 0 Å². The summed E-state index contributed by atoms with van der Waals surface area (Å²) in [6, 6.07) is 7.98. The molecule has 0 aliphatic heterocycles. The Labute approximate surface area is 105 Å². The molecule has 0 saturated carbocycles. The molecule has 1 aromatic carbocycles. The SMILES string of the molecule is CC(C(N)=O)N(C)CCc1ccc(Br)cc1. The minimum absolute atomic E-state index is 0.213. The van der Waals surface area contributed by atoms with Gasteiger partial charge in [-0.15, -0.1) is 0 Å². The summed E-state index contributed by atoms with van der Waals surface area (Å²) in [6.45, 7) is 2.65. The summed E-state index contributed by atoms with van der Waals surface area (Å²) in [7, 11) is 1.91. The summed E-state index contributed by atoms with van der Waals surface area (Å²) in [4.78, 5) is 12.9. The lowest BCUT2D eigenvalue weighted by molar-refractivity contribution is -0.122. The molecule has 0 aliphatic carbocycles. The topological polar surface area (TPSA) is 46.3 Å². The number of benzene rings is 1. The summed E-state index contributed by atoms with van der Waals surface area (Å²) in [5, 5.41) is 0. The Morgan fingerprint density at radius 3 is 2.50 bits per heavy atom. The van der Waals surface area contributed by atoms with E-state index in [-0.39, 0.29) is 11.9 Å². The molecule has 0 fully saturated rings. The normalized spacial score (nSPS) is 12.8. The Morgan fingerprint density at radius 1 is 1.44 bits per heavy atom. The van der Waals surface area contributed by atoms with Gasteiger partial charge in [0, 0.05) is 11.0 Å². The maximum absolute atomic E-state index is 11.0. The Kier molecular flexibility index (Phi) is 4.96. The molecule has 0 aliphatic rings. The van der Waals surface area contributed by atoms with Crippen LogP contribution < -0.4 is 5.73 Å². The van der Waals surface area contributed by atoms with Crippen molar-refractivity contribution in [3.8, 4) is 0 Å². The summed E-state index contributed by atoms with van der Waals surface area (Å²) >= 11 is 3.40. The minimum Gasteiger partial charge on any atom is -0.368 e. The fourth-order valence-corrected chi connectivity index (χ4v) is 1.63. The highest BCUT2D eigenvalue weighted by molar-refractivity contribution is 9.10. The van der Waals surface area contributed by atoms with Gasteiger partial charge in [0.05, 0.1) is 6.04 Å². The van der Waals surface area contributed by atoms with Crippen LogP contribution in [0.4, 0.5) is 0 Å². The number of likely N-dealkylation sites (N-methyl/N-ethyl adjacent to an activating group) is 1. The molecule has 1 rings (SSSR count). The summed E-state index contributed by atoms with van der Waals surface area (Å²) < 4.78 is 1.08.